The largest absolute Gasteiger partial charge is 0.407 e. The highest BCUT2D eigenvalue weighted by atomic mass is 35.5. The van der Waals surface area contributed by atoms with Gasteiger partial charge in [-0.15, -0.1) is 24.8 Å². The Bertz CT molecular complexity index is 406. The van der Waals surface area contributed by atoms with Crippen LogP contribution in [-0.4, -0.2) is 11.0 Å². The first-order valence-corrected chi connectivity index (χ1v) is 5.79. The molecule has 6 heteroatoms. The molecule has 0 aliphatic carbocycles. The van der Waals surface area contributed by atoms with Gasteiger partial charge < -0.3 is 10.5 Å². The first kappa shape index (κ1) is 20.5. The average Bonchev–Trinajstić information content (AvgIpc) is 2.27. The number of pyridine rings is 1. The van der Waals surface area contributed by atoms with Gasteiger partial charge in [0.25, 0.3) is 0 Å². The Morgan fingerprint density at radius 3 is 2.42 bits per heavy atom. The SMILES string of the molecule is CCC(N)c1cccc(OC(=O)C(C)(C)C)n1.Cl.Cl. The molecule has 0 aliphatic rings. The number of hydrogen-bond acceptors (Lipinski definition) is 4. The first-order chi connectivity index (χ1) is 7.84. The van der Waals surface area contributed by atoms with E-state index in [0.717, 1.165) is 12.1 Å². The number of carbonyl (C=O) groups excluding carboxylic acids is 1. The molecule has 1 rings (SSSR count). The zero-order chi connectivity index (χ0) is 13.1. The van der Waals surface area contributed by atoms with Gasteiger partial charge in [0.15, 0.2) is 0 Å². The summed E-state index contributed by atoms with van der Waals surface area (Å²) in [5.41, 5.74) is 6.08. The molecule has 1 unspecified atom stereocenters. The van der Waals surface area contributed by atoms with Crippen LogP contribution in [0, 0.1) is 5.41 Å². The number of nitrogens with two attached hydrogens (primary N) is 1. The van der Waals surface area contributed by atoms with Crippen LogP contribution in [0.15, 0.2) is 18.2 Å². The second-order valence-electron chi connectivity index (χ2n) is 5.05. The third-order valence-electron chi connectivity index (χ3n) is 2.37. The molecule has 0 spiro atoms. The smallest absolute Gasteiger partial charge is 0.317 e. The zero-order valence-corrected chi connectivity index (χ0v) is 13.3. The van der Waals surface area contributed by atoms with Crippen LogP contribution in [0.1, 0.15) is 45.9 Å². The third kappa shape index (κ3) is 6.23. The van der Waals surface area contributed by atoms with Gasteiger partial charge in [-0.25, -0.2) is 4.98 Å². The summed E-state index contributed by atoms with van der Waals surface area (Å²) in [7, 11) is 0. The number of halogens is 2. The van der Waals surface area contributed by atoms with E-state index in [-0.39, 0.29) is 36.8 Å². The van der Waals surface area contributed by atoms with E-state index in [9.17, 15) is 4.79 Å². The predicted molar refractivity (Wildman–Crippen MR) is 81.0 cm³/mol. The summed E-state index contributed by atoms with van der Waals surface area (Å²) in [5, 5.41) is 0. The Balaban J connectivity index is 0. The Morgan fingerprint density at radius 1 is 1.37 bits per heavy atom. The topological polar surface area (TPSA) is 65.2 Å². The number of hydrogen-bond donors (Lipinski definition) is 1. The van der Waals surface area contributed by atoms with Gasteiger partial charge in [-0.05, 0) is 33.3 Å². The fourth-order valence-corrected chi connectivity index (χ4v) is 1.15. The van der Waals surface area contributed by atoms with Crippen molar-refractivity contribution in [3.63, 3.8) is 0 Å². The summed E-state index contributed by atoms with van der Waals surface area (Å²) >= 11 is 0. The van der Waals surface area contributed by atoms with Crippen LogP contribution in [0.25, 0.3) is 0 Å². The van der Waals surface area contributed by atoms with Crippen LogP contribution in [0.3, 0.4) is 0 Å². The summed E-state index contributed by atoms with van der Waals surface area (Å²) in [6, 6.07) is 5.17. The van der Waals surface area contributed by atoms with Crippen molar-refractivity contribution in [1.29, 1.82) is 0 Å². The maximum absolute atomic E-state index is 11.7. The van der Waals surface area contributed by atoms with E-state index in [1.165, 1.54) is 0 Å². The quantitative estimate of drug-likeness (QED) is 0.870. The number of nitrogens with zero attached hydrogens (tertiary/aromatic N) is 1. The van der Waals surface area contributed by atoms with Crippen LogP contribution in [0.4, 0.5) is 0 Å². The van der Waals surface area contributed by atoms with Gasteiger partial charge in [-0.2, -0.15) is 0 Å². The van der Waals surface area contributed by atoms with Crippen molar-refractivity contribution >= 4 is 30.8 Å². The third-order valence-corrected chi connectivity index (χ3v) is 2.37. The molecule has 1 aromatic rings. The van der Waals surface area contributed by atoms with E-state index in [0.29, 0.717) is 5.88 Å². The van der Waals surface area contributed by atoms with Crippen molar-refractivity contribution in [2.75, 3.05) is 0 Å². The Morgan fingerprint density at radius 2 is 1.95 bits per heavy atom. The van der Waals surface area contributed by atoms with E-state index in [1.54, 1.807) is 32.9 Å². The molecule has 0 fully saturated rings. The lowest BCUT2D eigenvalue weighted by Crippen LogP contribution is -2.26. The van der Waals surface area contributed by atoms with Gasteiger partial charge in [0.1, 0.15) is 0 Å². The molecule has 19 heavy (non-hydrogen) atoms. The van der Waals surface area contributed by atoms with Gasteiger partial charge in [-0.1, -0.05) is 13.0 Å². The Kier molecular flexibility index (Phi) is 9.00. The molecular formula is C13H22Cl2N2O2. The van der Waals surface area contributed by atoms with E-state index in [2.05, 4.69) is 4.98 Å². The highest BCUT2D eigenvalue weighted by molar-refractivity contribution is 5.85. The van der Waals surface area contributed by atoms with Crippen molar-refractivity contribution in [3.05, 3.63) is 23.9 Å². The normalized spacial score (nSPS) is 11.8. The van der Waals surface area contributed by atoms with Crippen LogP contribution >= 0.6 is 24.8 Å². The summed E-state index contributed by atoms with van der Waals surface area (Å²) in [4.78, 5) is 15.9. The molecular weight excluding hydrogens is 287 g/mol. The highest BCUT2D eigenvalue weighted by Gasteiger charge is 2.24. The number of esters is 1. The Labute approximate surface area is 126 Å². The van der Waals surface area contributed by atoms with E-state index in [4.69, 9.17) is 10.5 Å². The highest BCUT2D eigenvalue weighted by Crippen LogP contribution is 2.19. The van der Waals surface area contributed by atoms with E-state index >= 15 is 0 Å². The van der Waals surface area contributed by atoms with Gasteiger partial charge >= 0.3 is 5.97 Å². The van der Waals surface area contributed by atoms with Crippen LogP contribution < -0.4 is 10.5 Å². The molecule has 4 nitrogen and oxygen atoms in total. The fraction of sp³-hybridized carbons (Fsp3) is 0.538. The molecule has 1 heterocycles. The zero-order valence-electron chi connectivity index (χ0n) is 11.7. The molecule has 1 atom stereocenters. The minimum absolute atomic E-state index is 0. The molecule has 0 aromatic carbocycles. The van der Waals surface area contributed by atoms with Gasteiger partial charge in [-0.3, -0.25) is 4.79 Å². The van der Waals surface area contributed by atoms with Crippen molar-refractivity contribution in [2.24, 2.45) is 11.1 Å². The van der Waals surface area contributed by atoms with Crippen LogP contribution in [0.2, 0.25) is 0 Å². The molecule has 110 valence electrons. The van der Waals surface area contributed by atoms with Gasteiger partial charge in [0, 0.05) is 12.1 Å². The maximum Gasteiger partial charge on any atom is 0.317 e. The molecule has 0 radical (unpaired) electrons. The summed E-state index contributed by atoms with van der Waals surface area (Å²) in [5.74, 6) is 0.0125. The predicted octanol–water partition coefficient (Wildman–Crippen LogP) is 3.29. The molecule has 0 aliphatic heterocycles. The second kappa shape index (κ2) is 8.35. The summed E-state index contributed by atoms with van der Waals surface area (Å²) in [6.07, 6.45) is 0.795. The maximum atomic E-state index is 11.7. The van der Waals surface area contributed by atoms with Crippen LogP contribution in [0.5, 0.6) is 5.88 Å². The van der Waals surface area contributed by atoms with E-state index < -0.39 is 5.41 Å². The minimum atomic E-state index is -0.537. The standard InChI is InChI=1S/C13H20N2O2.2ClH/c1-5-9(14)10-7-6-8-11(15-10)17-12(16)13(2,3)4;;/h6-9H,5,14H2,1-4H3;2*1H. The molecule has 0 amide bonds. The molecule has 0 saturated heterocycles. The Hall–Kier alpha value is -0.840. The van der Waals surface area contributed by atoms with Gasteiger partial charge in [0.05, 0.1) is 11.1 Å². The second-order valence-corrected chi connectivity index (χ2v) is 5.05. The van der Waals surface area contributed by atoms with Crippen LogP contribution in [-0.2, 0) is 4.79 Å². The molecule has 2 N–H and O–H groups in total. The van der Waals surface area contributed by atoms with Crippen molar-refractivity contribution in [2.45, 2.75) is 40.2 Å². The fourth-order valence-electron chi connectivity index (χ4n) is 1.15. The monoisotopic (exact) mass is 308 g/mol. The summed E-state index contributed by atoms with van der Waals surface area (Å²) < 4.78 is 5.21. The van der Waals surface area contributed by atoms with Crippen molar-refractivity contribution < 1.29 is 9.53 Å². The molecule has 0 saturated carbocycles. The minimum Gasteiger partial charge on any atom is -0.407 e. The number of ether oxygens (including phenoxy) is 1. The molecule has 0 bridgehead atoms. The van der Waals surface area contributed by atoms with Crippen molar-refractivity contribution in [3.8, 4) is 5.88 Å². The number of carbonyl (C=O) groups is 1. The van der Waals surface area contributed by atoms with E-state index in [1.807, 2.05) is 13.0 Å². The lowest BCUT2D eigenvalue weighted by molar-refractivity contribution is -0.143. The van der Waals surface area contributed by atoms with Crippen molar-refractivity contribution in [1.82, 2.24) is 4.98 Å². The summed E-state index contributed by atoms with van der Waals surface area (Å²) in [6.45, 7) is 7.39. The van der Waals surface area contributed by atoms with Gasteiger partial charge in [0.2, 0.25) is 5.88 Å². The number of aromatic nitrogens is 1. The lowest BCUT2D eigenvalue weighted by atomic mass is 9.97. The lowest BCUT2D eigenvalue weighted by Gasteiger charge is -2.16. The number of rotatable bonds is 3. The first-order valence-electron chi connectivity index (χ1n) is 5.79. The average molecular weight is 309 g/mol. The molecule has 1 aromatic heterocycles.